The van der Waals surface area contributed by atoms with Gasteiger partial charge in [-0.05, 0) is 23.8 Å². The van der Waals surface area contributed by atoms with Crippen LogP contribution in [0.1, 0.15) is 11.3 Å². The van der Waals surface area contributed by atoms with E-state index in [0.717, 1.165) is 16.8 Å². The van der Waals surface area contributed by atoms with Crippen molar-refractivity contribution in [2.75, 3.05) is 5.73 Å². The van der Waals surface area contributed by atoms with Gasteiger partial charge in [-0.2, -0.15) is 0 Å². The van der Waals surface area contributed by atoms with Crippen molar-refractivity contribution >= 4 is 17.4 Å². The Balaban J connectivity index is 1.84. The van der Waals surface area contributed by atoms with Gasteiger partial charge in [0.1, 0.15) is 11.0 Å². The lowest BCUT2D eigenvalue weighted by Crippen LogP contribution is -1.92. The number of nitrogens with zero attached hydrogens (tertiary/aromatic N) is 3. The zero-order chi connectivity index (χ0) is 13.9. The lowest BCUT2D eigenvalue weighted by atomic mass is 10.1. The Labute approximate surface area is 120 Å². The highest BCUT2D eigenvalue weighted by molar-refractivity contribution is 6.29. The highest BCUT2D eigenvalue weighted by Crippen LogP contribution is 2.25. The summed E-state index contributed by atoms with van der Waals surface area (Å²) in [4.78, 5) is 8.06. The number of nitrogens with two attached hydrogens (primary N) is 1. The summed E-state index contributed by atoms with van der Waals surface area (Å²) in [5.74, 6) is 1.02. The van der Waals surface area contributed by atoms with Crippen molar-refractivity contribution < 1.29 is 4.52 Å². The fourth-order valence-electron chi connectivity index (χ4n) is 1.87. The van der Waals surface area contributed by atoms with E-state index in [0.29, 0.717) is 23.2 Å². The molecule has 2 N–H and O–H groups in total. The van der Waals surface area contributed by atoms with Crippen molar-refractivity contribution in [1.29, 1.82) is 0 Å². The lowest BCUT2D eigenvalue weighted by Gasteiger charge is -1.98. The molecular weight excluding hydrogens is 276 g/mol. The second-order valence-electron chi connectivity index (χ2n) is 4.28. The molecule has 5 nitrogen and oxygen atoms in total. The van der Waals surface area contributed by atoms with Gasteiger partial charge in [0.15, 0.2) is 5.76 Å². The van der Waals surface area contributed by atoms with Crippen LogP contribution in [0.2, 0.25) is 5.15 Å². The predicted molar refractivity (Wildman–Crippen MR) is 76.2 cm³/mol. The molecule has 0 spiro atoms. The maximum Gasteiger partial charge on any atom is 0.170 e. The summed E-state index contributed by atoms with van der Waals surface area (Å²) in [6, 6.07) is 9.15. The fourth-order valence-corrected chi connectivity index (χ4v) is 1.98. The fraction of sp³-hybridized carbons (Fsp3) is 0.0714. The minimum atomic E-state index is 0.420. The van der Waals surface area contributed by atoms with Crippen LogP contribution >= 0.6 is 11.6 Å². The number of hydrogen-bond acceptors (Lipinski definition) is 5. The molecule has 3 rings (SSSR count). The Hall–Kier alpha value is -2.40. The van der Waals surface area contributed by atoms with E-state index in [1.807, 2.05) is 18.2 Å². The molecule has 0 saturated carbocycles. The zero-order valence-corrected chi connectivity index (χ0v) is 11.2. The van der Waals surface area contributed by atoms with Crippen molar-refractivity contribution in [3.8, 4) is 11.3 Å². The Morgan fingerprint density at radius 2 is 2.10 bits per heavy atom. The number of anilines is 1. The van der Waals surface area contributed by atoms with Gasteiger partial charge in [-0.3, -0.25) is 0 Å². The second-order valence-corrected chi connectivity index (χ2v) is 4.67. The van der Waals surface area contributed by atoms with E-state index >= 15 is 0 Å². The minimum absolute atomic E-state index is 0.420. The number of nitrogen functional groups attached to an aromatic ring is 1. The van der Waals surface area contributed by atoms with Gasteiger partial charge in [-0.25, -0.2) is 9.97 Å². The third-order valence-electron chi connectivity index (χ3n) is 2.84. The summed E-state index contributed by atoms with van der Waals surface area (Å²) in [7, 11) is 0. The molecule has 0 aromatic carbocycles. The van der Waals surface area contributed by atoms with Crippen molar-refractivity contribution in [3.05, 3.63) is 59.1 Å². The molecule has 20 heavy (non-hydrogen) atoms. The van der Waals surface area contributed by atoms with Crippen molar-refractivity contribution in [3.63, 3.8) is 0 Å². The smallest absolute Gasteiger partial charge is 0.170 e. The molecule has 0 unspecified atom stereocenters. The summed E-state index contributed by atoms with van der Waals surface area (Å²) >= 11 is 5.75. The van der Waals surface area contributed by atoms with E-state index in [4.69, 9.17) is 21.9 Å². The Morgan fingerprint density at radius 1 is 1.20 bits per heavy atom. The minimum Gasteiger partial charge on any atom is -0.383 e. The van der Waals surface area contributed by atoms with Crippen molar-refractivity contribution in [2.45, 2.75) is 6.42 Å². The lowest BCUT2D eigenvalue weighted by molar-refractivity contribution is 0.425. The Morgan fingerprint density at radius 3 is 2.85 bits per heavy atom. The first-order valence-electron chi connectivity index (χ1n) is 5.99. The van der Waals surface area contributed by atoms with Crippen LogP contribution in [0.5, 0.6) is 0 Å². The average Bonchev–Trinajstić information content (AvgIpc) is 2.90. The number of halogens is 1. The molecule has 0 amide bonds. The van der Waals surface area contributed by atoms with E-state index in [2.05, 4.69) is 15.1 Å². The average molecular weight is 287 g/mol. The molecular formula is C14H11ClN4O. The molecule has 0 aliphatic rings. The molecule has 100 valence electrons. The van der Waals surface area contributed by atoms with Crippen LogP contribution in [0.15, 0.2) is 47.2 Å². The molecule has 0 radical (unpaired) electrons. The third-order valence-corrected chi connectivity index (χ3v) is 3.06. The third kappa shape index (κ3) is 2.62. The predicted octanol–water partition coefficient (Wildman–Crippen LogP) is 2.96. The molecule has 0 aliphatic heterocycles. The van der Waals surface area contributed by atoms with E-state index in [1.165, 1.54) is 0 Å². The zero-order valence-electron chi connectivity index (χ0n) is 10.5. The summed E-state index contributed by atoms with van der Waals surface area (Å²) in [6.45, 7) is 0. The highest BCUT2D eigenvalue weighted by Gasteiger charge is 2.10. The van der Waals surface area contributed by atoms with Gasteiger partial charge in [0.25, 0.3) is 0 Å². The number of hydrogen-bond donors (Lipinski definition) is 1. The Kier molecular flexibility index (Phi) is 3.35. The molecule has 0 atom stereocenters. The first kappa shape index (κ1) is 12.6. The molecule has 0 bridgehead atoms. The molecule has 0 fully saturated rings. The van der Waals surface area contributed by atoms with Crippen molar-refractivity contribution in [2.24, 2.45) is 0 Å². The van der Waals surface area contributed by atoms with E-state index in [1.54, 1.807) is 24.5 Å². The molecule has 0 saturated heterocycles. The molecule has 0 aliphatic carbocycles. The topological polar surface area (TPSA) is 77.8 Å². The van der Waals surface area contributed by atoms with Gasteiger partial charge < -0.3 is 10.3 Å². The first-order chi connectivity index (χ1) is 9.72. The van der Waals surface area contributed by atoms with Gasteiger partial charge in [-0.1, -0.05) is 22.8 Å². The summed E-state index contributed by atoms with van der Waals surface area (Å²) < 4.78 is 5.31. The van der Waals surface area contributed by atoms with Crippen LogP contribution in [0.25, 0.3) is 11.3 Å². The van der Waals surface area contributed by atoms with E-state index in [9.17, 15) is 0 Å². The monoisotopic (exact) mass is 286 g/mol. The van der Waals surface area contributed by atoms with Gasteiger partial charge in [0.05, 0.1) is 11.3 Å². The highest BCUT2D eigenvalue weighted by atomic mass is 35.5. The first-order valence-corrected chi connectivity index (χ1v) is 6.37. The summed E-state index contributed by atoms with van der Waals surface area (Å²) in [6.07, 6.45) is 3.97. The van der Waals surface area contributed by atoms with Crippen LogP contribution in [-0.2, 0) is 6.42 Å². The van der Waals surface area contributed by atoms with Gasteiger partial charge in [0, 0.05) is 24.9 Å². The van der Waals surface area contributed by atoms with Crippen LogP contribution < -0.4 is 5.73 Å². The SMILES string of the molecule is Nc1ncccc1-c1cc(Cc2ccc(Cl)nc2)no1. The second kappa shape index (κ2) is 5.30. The molecule has 3 heterocycles. The van der Waals surface area contributed by atoms with Gasteiger partial charge >= 0.3 is 0 Å². The number of pyridine rings is 2. The standard InChI is InChI=1S/C14H11ClN4O/c15-13-4-3-9(8-18-13)6-10-7-12(20-19-10)11-2-1-5-17-14(11)16/h1-5,7-8H,6H2,(H2,16,17). The van der Waals surface area contributed by atoms with E-state index < -0.39 is 0 Å². The van der Waals surface area contributed by atoms with Crippen molar-refractivity contribution in [1.82, 2.24) is 15.1 Å². The number of rotatable bonds is 3. The summed E-state index contributed by atoms with van der Waals surface area (Å²) in [5.41, 5.74) is 8.35. The molecule has 6 heteroatoms. The normalized spacial score (nSPS) is 10.7. The quantitative estimate of drug-likeness (QED) is 0.749. The molecule has 3 aromatic heterocycles. The molecule has 3 aromatic rings. The Bertz CT molecular complexity index is 724. The number of aromatic nitrogens is 3. The van der Waals surface area contributed by atoms with Gasteiger partial charge in [-0.15, -0.1) is 0 Å². The summed E-state index contributed by atoms with van der Waals surface area (Å²) in [5, 5.41) is 4.50. The maximum atomic E-state index is 5.81. The van der Waals surface area contributed by atoms with E-state index in [-0.39, 0.29) is 0 Å². The van der Waals surface area contributed by atoms with Gasteiger partial charge in [0.2, 0.25) is 0 Å². The van der Waals surface area contributed by atoms with Crippen LogP contribution in [0, 0.1) is 0 Å². The van der Waals surface area contributed by atoms with Crippen LogP contribution in [0.4, 0.5) is 5.82 Å². The maximum absolute atomic E-state index is 5.81. The van der Waals surface area contributed by atoms with Crippen LogP contribution in [0.3, 0.4) is 0 Å². The largest absolute Gasteiger partial charge is 0.383 e. The van der Waals surface area contributed by atoms with Crippen LogP contribution in [-0.4, -0.2) is 15.1 Å².